The van der Waals surface area contributed by atoms with Crippen molar-refractivity contribution in [2.24, 2.45) is 4.99 Å². The van der Waals surface area contributed by atoms with Crippen molar-refractivity contribution in [3.8, 4) is 0 Å². The van der Waals surface area contributed by atoms with Gasteiger partial charge in [0, 0.05) is 53.7 Å². The van der Waals surface area contributed by atoms with Crippen LogP contribution in [0, 0.1) is 12.7 Å². The lowest BCUT2D eigenvalue weighted by molar-refractivity contribution is -0.125. The van der Waals surface area contributed by atoms with Gasteiger partial charge in [-0.25, -0.2) is 4.39 Å². The molecule has 2 aromatic rings. The average Bonchev–Trinajstić information content (AvgIpc) is 3.01. The third-order valence-corrected chi connectivity index (χ3v) is 6.58. The lowest BCUT2D eigenvalue weighted by Gasteiger charge is -2.25. The van der Waals surface area contributed by atoms with E-state index in [0.717, 1.165) is 31.8 Å². The number of likely N-dealkylation sites (N-methyl/N-ethyl adjacent to an activating group) is 1. The van der Waals surface area contributed by atoms with Crippen LogP contribution in [0.2, 0.25) is 0 Å². The number of carbonyl (C=O) groups excluding carboxylic acids is 2. The molecule has 4 rings (SSSR count). The van der Waals surface area contributed by atoms with Crippen LogP contribution in [0.4, 0.5) is 4.39 Å². The van der Waals surface area contributed by atoms with Gasteiger partial charge in [0.2, 0.25) is 5.91 Å². The molecule has 150 valence electrons. The molecule has 0 unspecified atom stereocenters. The molecule has 2 heterocycles. The SMILES string of the molecule is Cc1c(CN(C)C(=O)C=CN2C=C3CCC(=O)CC3=NC2)sc2ccc(F)cc12. The number of hydrogen-bond acceptors (Lipinski definition) is 5. The maximum absolute atomic E-state index is 13.5. The smallest absolute Gasteiger partial charge is 0.248 e. The van der Waals surface area contributed by atoms with Crippen LogP contribution in [0.5, 0.6) is 0 Å². The second kappa shape index (κ2) is 7.91. The average molecular weight is 412 g/mol. The summed E-state index contributed by atoms with van der Waals surface area (Å²) >= 11 is 1.59. The Labute approximate surface area is 172 Å². The van der Waals surface area contributed by atoms with Gasteiger partial charge in [-0.05, 0) is 48.1 Å². The van der Waals surface area contributed by atoms with Crippen molar-refractivity contribution >= 4 is 38.8 Å². The summed E-state index contributed by atoms with van der Waals surface area (Å²) in [5, 5.41) is 0.904. The van der Waals surface area contributed by atoms with Crippen LogP contribution in [-0.4, -0.2) is 40.9 Å². The minimum Gasteiger partial charge on any atom is -0.337 e. The zero-order valence-corrected chi connectivity index (χ0v) is 17.3. The fraction of sp³-hybridized carbons (Fsp3) is 0.318. The Kier molecular flexibility index (Phi) is 5.32. The van der Waals surface area contributed by atoms with E-state index < -0.39 is 0 Å². The molecule has 0 N–H and O–H groups in total. The van der Waals surface area contributed by atoms with Crippen molar-refractivity contribution < 1.29 is 14.0 Å². The molecule has 1 aromatic heterocycles. The van der Waals surface area contributed by atoms with Gasteiger partial charge >= 0.3 is 0 Å². The molecule has 0 spiro atoms. The van der Waals surface area contributed by atoms with Crippen LogP contribution < -0.4 is 0 Å². The van der Waals surface area contributed by atoms with E-state index in [1.807, 2.05) is 18.0 Å². The molecule has 29 heavy (non-hydrogen) atoms. The highest BCUT2D eigenvalue weighted by molar-refractivity contribution is 7.19. The largest absolute Gasteiger partial charge is 0.337 e. The van der Waals surface area contributed by atoms with Gasteiger partial charge < -0.3 is 9.80 Å². The number of allylic oxidation sites excluding steroid dienone is 1. The summed E-state index contributed by atoms with van der Waals surface area (Å²) in [7, 11) is 1.76. The zero-order chi connectivity index (χ0) is 20.5. The third kappa shape index (κ3) is 4.15. The van der Waals surface area contributed by atoms with Gasteiger partial charge in [0.15, 0.2) is 0 Å². The standard InChI is InChI=1S/C22H22FN3O2S/c1-14-18-9-16(23)4-6-20(18)29-21(14)12-25(2)22(28)7-8-26-11-15-3-5-17(27)10-19(15)24-13-26/h4,6-9,11H,3,5,10,12-13H2,1-2H3. The number of amides is 1. The summed E-state index contributed by atoms with van der Waals surface area (Å²) < 4.78 is 14.5. The van der Waals surface area contributed by atoms with Crippen molar-refractivity contribution in [3.05, 3.63) is 58.5 Å². The van der Waals surface area contributed by atoms with Crippen molar-refractivity contribution in [1.29, 1.82) is 0 Å². The van der Waals surface area contributed by atoms with Crippen LogP contribution in [0.1, 0.15) is 29.7 Å². The first-order chi connectivity index (χ1) is 13.9. The van der Waals surface area contributed by atoms with Gasteiger partial charge in [0.25, 0.3) is 0 Å². The van der Waals surface area contributed by atoms with Crippen molar-refractivity contribution in [2.75, 3.05) is 13.7 Å². The number of fused-ring (bicyclic) bond motifs is 2. The van der Waals surface area contributed by atoms with Gasteiger partial charge in [0.05, 0.1) is 6.54 Å². The molecule has 1 aliphatic heterocycles. The summed E-state index contributed by atoms with van der Waals surface area (Å²) in [6, 6.07) is 4.79. The molecule has 1 amide bonds. The van der Waals surface area contributed by atoms with Gasteiger partial charge in [-0.15, -0.1) is 11.3 Å². The molecule has 5 nitrogen and oxygen atoms in total. The number of nitrogens with zero attached hydrogens (tertiary/aromatic N) is 3. The number of carbonyl (C=O) groups is 2. The minimum atomic E-state index is -0.249. The zero-order valence-electron chi connectivity index (χ0n) is 16.4. The number of ketones is 1. The lowest BCUT2D eigenvalue weighted by Crippen LogP contribution is -2.27. The van der Waals surface area contributed by atoms with Gasteiger partial charge in [-0.3, -0.25) is 14.6 Å². The fourth-order valence-corrected chi connectivity index (χ4v) is 4.82. The van der Waals surface area contributed by atoms with E-state index in [1.54, 1.807) is 41.6 Å². The Bertz CT molecular complexity index is 1080. The van der Waals surface area contributed by atoms with Gasteiger partial charge in [-0.1, -0.05) is 0 Å². The summed E-state index contributed by atoms with van der Waals surface area (Å²) in [5.74, 6) is -0.123. The number of aliphatic imine (C=N–C) groups is 1. The van der Waals surface area contributed by atoms with Crippen molar-refractivity contribution in [3.63, 3.8) is 0 Å². The number of halogens is 1. The normalized spacial score (nSPS) is 16.8. The Hall–Kier alpha value is -2.80. The fourth-order valence-electron chi connectivity index (χ4n) is 3.58. The number of Topliss-reactive ketones (excluding diaryl/α,β-unsaturated/α-hetero) is 1. The molecule has 0 atom stereocenters. The Balaban J connectivity index is 1.41. The summed E-state index contributed by atoms with van der Waals surface area (Å²) in [6.07, 6.45) is 6.93. The molecule has 1 aliphatic carbocycles. The maximum Gasteiger partial charge on any atom is 0.248 e. The van der Waals surface area contributed by atoms with Crippen molar-refractivity contribution in [2.45, 2.75) is 32.7 Å². The third-order valence-electron chi connectivity index (χ3n) is 5.32. The van der Waals surface area contributed by atoms with Crippen LogP contribution in [0.3, 0.4) is 0 Å². The van der Waals surface area contributed by atoms with E-state index in [-0.39, 0.29) is 17.5 Å². The highest BCUT2D eigenvalue weighted by Crippen LogP contribution is 2.32. The number of rotatable bonds is 4. The summed E-state index contributed by atoms with van der Waals surface area (Å²) in [5.41, 5.74) is 2.98. The Morgan fingerprint density at radius 3 is 3.03 bits per heavy atom. The Morgan fingerprint density at radius 1 is 1.38 bits per heavy atom. The van der Waals surface area contributed by atoms with Crippen LogP contribution in [0.25, 0.3) is 10.1 Å². The van der Waals surface area contributed by atoms with E-state index in [4.69, 9.17) is 0 Å². The van der Waals surface area contributed by atoms with E-state index in [9.17, 15) is 14.0 Å². The van der Waals surface area contributed by atoms with Crippen LogP contribution in [-0.2, 0) is 16.1 Å². The van der Waals surface area contributed by atoms with Gasteiger partial charge in [-0.2, -0.15) is 0 Å². The maximum atomic E-state index is 13.5. The highest BCUT2D eigenvalue weighted by Gasteiger charge is 2.22. The number of aryl methyl sites for hydroxylation is 1. The monoisotopic (exact) mass is 411 g/mol. The summed E-state index contributed by atoms with van der Waals surface area (Å²) in [4.78, 5) is 33.1. The number of benzene rings is 1. The minimum absolute atomic E-state index is 0.111. The second-order valence-electron chi connectivity index (χ2n) is 7.43. The molecule has 0 radical (unpaired) electrons. The lowest BCUT2D eigenvalue weighted by atomic mass is 9.92. The molecule has 1 fully saturated rings. The van der Waals surface area contributed by atoms with Crippen molar-refractivity contribution in [1.82, 2.24) is 9.80 Å². The number of hydrogen-bond donors (Lipinski definition) is 0. The summed E-state index contributed by atoms with van der Waals surface area (Å²) in [6.45, 7) is 2.86. The molecular weight excluding hydrogens is 389 g/mol. The molecule has 1 saturated carbocycles. The van der Waals surface area contributed by atoms with Crippen LogP contribution in [0.15, 0.2) is 47.2 Å². The van der Waals surface area contributed by atoms with Crippen LogP contribution >= 0.6 is 11.3 Å². The molecule has 7 heteroatoms. The first-order valence-corrected chi connectivity index (χ1v) is 10.3. The number of thiophene rings is 1. The first-order valence-electron chi connectivity index (χ1n) is 9.53. The highest BCUT2D eigenvalue weighted by atomic mass is 32.1. The Morgan fingerprint density at radius 2 is 2.21 bits per heavy atom. The topological polar surface area (TPSA) is 53.0 Å². The molecular formula is C22H22FN3O2S. The van der Waals surface area contributed by atoms with E-state index in [2.05, 4.69) is 4.99 Å². The predicted octanol–water partition coefficient (Wildman–Crippen LogP) is 4.17. The van der Waals surface area contributed by atoms with Gasteiger partial charge in [0.1, 0.15) is 18.3 Å². The quantitative estimate of drug-likeness (QED) is 0.710. The second-order valence-corrected chi connectivity index (χ2v) is 8.57. The molecule has 2 aliphatic rings. The predicted molar refractivity (Wildman–Crippen MR) is 113 cm³/mol. The van der Waals surface area contributed by atoms with E-state index >= 15 is 0 Å². The van der Waals surface area contributed by atoms with E-state index in [1.165, 1.54) is 12.1 Å². The molecule has 0 saturated heterocycles. The first kappa shape index (κ1) is 19.5. The van der Waals surface area contributed by atoms with E-state index in [0.29, 0.717) is 32.5 Å². The molecule has 1 aromatic carbocycles. The molecule has 0 bridgehead atoms.